The normalized spacial score (nSPS) is 11.3. The zero-order chi connectivity index (χ0) is 34.8. The Labute approximate surface area is 291 Å². The van der Waals surface area contributed by atoms with Crippen molar-refractivity contribution in [3.05, 3.63) is 142 Å². The first-order valence-corrected chi connectivity index (χ1v) is 17.4. The van der Waals surface area contributed by atoms with Gasteiger partial charge in [0.25, 0.3) is 0 Å². The predicted molar refractivity (Wildman–Crippen MR) is 207 cm³/mol. The van der Waals surface area contributed by atoms with E-state index in [2.05, 4.69) is 73.9 Å². The molecule has 7 aromatic rings. The van der Waals surface area contributed by atoms with E-state index in [9.17, 15) is 9.59 Å². The van der Waals surface area contributed by atoms with Crippen molar-refractivity contribution in [2.24, 2.45) is 0 Å². The molecule has 0 bridgehead atoms. The molecule has 0 saturated carbocycles. The van der Waals surface area contributed by atoms with Crippen molar-refractivity contribution in [3.63, 3.8) is 0 Å². The monoisotopic (exact) mass is 660 g/mol. The van der Waals surface area contributed by atoms with Gasteiger partial charge >= 0.3 is 11.3 Å². The number of anilines is 2. The third kappa shape index (κ3) is 6.09. The molecule has 2 heterocycles. The number of hydrogen-bond acceptors (Lipinski definition) is 6. The SMILES string of the molecule is CCN(CC)c1ccc2cc(-c3ccccc3-c3ccc(-c4ccccc4-c4cc5ccc(N(CC)CC)cc5oc4=O)cc3)c(=O)oc2c1. The minimum atomic E-state index is -0.370. The fraction of sp³-hybridized carbons (Fsp3) is 0.182. The summed E-state index contributed by atoms with van der Waals surface area (Å²) in [6, 6.07) is 40.0. The zero-order valence-corrected chi connectivity index (χ0v) is 28.9. The van der Waals surface area contributed by atoms with Crippen molar-refractivity contribution in [3.8, 4) is 44.5 Å². The average Bonchev–Trinajstić information content (AvgIpc) is 3.15. The highest BCUT2D eigenvalue weighted by atomic mass is 16.4. The Morgan fingerprint density at radius 3 is 1.14 bits per heavy atom. The second kappa shape index (κ2) is 13.9. The fourth-order valence-electron chi connectivity index (χ4n) is 6.92. The molecule has 250 valence electrons. The van der Waals surface area contributed by atoms with E-state index in [1.165, 1.54) is 0 Å². The van der Waals surface area contributed by atoms with Crippen LogP contribution in [0.5, 0.6) is 0 Å². The lowest BCUT2D eigenvalue weighted by atomic mass is 9.91. The van der Waals surface area contributed by atoms with E-state index in [1.807, 2.05) is 84.9 Å². The van der Waals surface area contributed by atoms with Gasteiger partial charge in [-0.25, -0.2) is 9.59 Å². The molecule has 0 amide bonds. The lowest BCUT2D eigenvalue weighted by Gasteiger charge is -2.21. The molecule has 50 heavy (non-hydrogen) atoms. The maximum Gasteiger partial charge on any atom is 0.344 e. The molecule has 7 rings (SSSR count). The lowest BCUT2D eigenvalue weighted by molar-refractivity contribution is 0.563. The second-order valence-electron chi connectivity index (χ2n) is 12.4. The number of nitrogens with zero attached hydrogens (tertiary/aromatic N) is 2. The Morgan fingerprint density at radius 2 is 0.780 bits per heavy atom. The molecule has 6 heteroatoms. The van der Waals surface area contributed by atoms with Crippen LogP contribution in [0.3, 0.4) is 0 Å². The van der Waals surface area contributed by atoms with Crippen LogP contribution in [0.15, 0.2) is 140 Å². The minimum absolute atomic E-state index is 0.370. The van der Waals surface area contributed by atoms with E-state index in [0.717, 1.165) is 81.7 Å². The number of fused-ring (bicyclic) bond motifs is 2. The Balaban J connectivity index is 1.24. The van der Waals surface area contributed by atoms with Crippen LogP contribution in [0.4, 0.5) is 11.4 Å². The van der Waals surface area contributed by atoms with Crippen LogP contribution in [0.1, 0.15) is 27.7 Å². The molecule has 0 N–H and O–H groups in total. The van der Waals surface area contributed by atoms with Gasteiger partial charge in [0.15, 0.2) is 0 Å². The quantitative estimate of drug-likeness (QED) is 0.136. The third-order valence-corrected chi connectivity index (χ3v) is 9.64. The number of benzene rings is 5. The summed E-state index contributed by atoms with van der Waals surface area (Å²) in [5.41, 5.74) is 8.92. The lowest BCUT2D eigenvalue weighted by Crippen LogP contribution is -2.21. The summed E-state index contributed by atoms with van der Waals surface area (Å²) in [4.78, 5) is 31.3. The van der Waals surface area contributed by atoms with Crippen molar-refractivity contribution in [2.75, 3.05) is 36.0 Å². The molecule has 0 spiro atoms. The Hall–Kier alpha value is -5.88. The van der Waals surface area contributed by atoms with Gasteiger partial charge < -0.3 is 18.6 Å². The molecular weight excluding hydrogens is 620 g/mol. The fourth-order valence-corrected chi connectivity index (χ4v) is 6.92. The average molecular weight is 661 g/mol. The first-order valence-electron chi connectivity index (χ1n) is 17.4. The highest BCUT2D eigenvalue weighted by Gasteiger charge is 2.17. The van der Waals surface area contributed by atoms with Gasteiger partial charge in [-0.1, -0.05) is 72.8 Å². The number of hydrogen-bond donors (Lipinski definition) is 0. The Morgan fingerprint density at radius 1 is 0.420 bits per heavy atom. The van der Waals surface area contributed by atoms with Crippen molar-refractivity contribution in [1.82, 2.24) is 0 Å². The molecule has 0 fully saturated rings. The van der Waals surface area contributed by atoms with Crippen molar-refractivity contribution in [1.29, 1.82) is 0 Å². The van der Waals surface area contributed by atoms with Gasteiger partial charge in [0.1, 0.15) is 11.2 Å². The summed E-state index contributed by atoms with van der Waals surface area (Å²) in [5, 5.41) is 1.75. The Bertz CT molecular complexity index is 2260. The topological polar surface area (TPSA) is 66.9 Å². The van der Waals surface area contributed by atoms with Gasteiger partial charge in [-0.15, -0.1) is 0 Å². The molecule has 0 saturated heterocycles. The van der Waals surface area contributed by atoms with Crippen LogP contribution in [0, 0.1) is 0 Å². The van der Waals surface area contributed by atoms with E-state index >= 15 is 0 Å². The zero-order valence-electron chi connectivity index (χ0n) is 28.9. The molecule has 2 aromatic heterocycles. The van der Waals surface area contributed by atoms with Crippen molar-refractivity contribution in [2.45, 2.75) is 27.7 Å². The maximum absolute atomic E-state index is 13.4. The molecule has 5 aromatic carbocycles. The van der Waals surface area contributed by atoms with E-state index in [0.29, 0.717) is 22.3 Å². The van der Waals surface area contributed by atoms with E-state index in [1.54, 1.807) is 0 Å². The summed E-state index contributed by atoms with van der Waals surface area (Å²) in [6.07, 6.45) is 0. The highest BCUT2D eigenvalue weighted by Crippen LogP contribution is 2.36. The van der Waals surface area contributed by atoms with Crippen LogP contribution < -0.4 is 21.1 Å². The smallest absolute Gasteiger partial charge is 0.344 e. The molecule has 0 radical (unpaired) electrons. The van der Waals surface area contributed by atoms with E-state index < -0.39 is 0 Å². The summed E-state index contributed by atoms with van der Waals surface area (Å²) >= 11 is 0. The van der Waals surface area contributed by atoms with Gasteiger partial charge in [0, 0.05) is 60.5 Å². The summed E-state index contributed by atoms with van der Waals surface area (Å²) in [6.45, 7) is 11.9. The summed E-state index contributed by atoms with van der Waals surface area (Å²) in [5.74, 6) is 0. The van der Waals surface area contributed by atoms with Crippen LogP contribution in [0.2, 0.25) is 0 Å². The van der Waals surface area contributed by atoms with Gasteiger partial charge in [0.05, 0.1) is 11.1 Å². The van der Waals surface area contributed by atoms with Crippen LogP contribution >= 0.6 is 0 Å². The second-order valence-corrected chi connectivity index (χ2v) is 12.4. The molecule has 0 aliphatic carbocycles. The van der Waals surface area contributed by atoms with E-state index in [4.69, 9.17) is 8.83 Å². The highest BCUT2D eigenvalue weighted by molar-refractivity contribution is 5.91. The number of rotatable bonds is 10. The van der Waals surface area contributed by atoms with Gasteiger partial charge in [0.2, 0.25) is 0 Å². The Kier molecular flexibility index (Phi) is 9.09. The van der Waals surface area contributed by atoms with Gasteiger partial charge in [-0.05, 0) is 97.5 Å². The standard InChI is InChI=1S/C44H40N2O4/c1-5-45(6-2)33-23-21-31-25-39(43(47)49-41(31)27-33)37-15-11-9-13-35(37)29-17-19-30(20-18-29)36-14-10-12-16-38(36)40-26-32-22-24-34(46(7-3)8-4)28-42(32)50-44(40)48/h9-28H,5-8H2,1-4H3. The van der Waals surface area contributed by atoms with Gasteiger partial charge in [-0.2, -0.15) is 0 Å². The minimum Gasteiger partial charge on any atom is -0.422 e. The van der Waals surface area contributed by atoms with Crippen LogP contribution in [0.25, 0.3) is 66.4 Å². The molecule has 0 aliphatic heterocycles. The summed E-state index contributed by atoms with van der Waals surface area (Å²) < 4.78 is 11.8. The first kappa shape index (κ1) is 32.7. The molecule has 0 unspecified atom stereocenters. The van der Waals surface area contributed by atoms with E-state index in [-0.39, 0.29) is 11.3 Å². The summed E-state index contributed by atoms with van der Waals surface area (Å²) in [7, 11) is 0. The molecule has 0 atom stereocenters. The van der Waals surface area contributed by atoms with Gasteiger partial charge in [-0.3, -0.25) is 0 Å². The molecule has 6 nitrogen and oxygen atoms in total. The molecular formula is C44H40N2O4. The third-order valence-electron chi connectivity index (χ3n) is 9.64. The van der Waals surface area contributed by atoms with Crippen molar-refractivity contribution < 1.29 is 8.83 Å². The predicted octanol–water partition coefficient (Wildman–Crippen LogP) is 10.3. The first-order chi connectivity index (χ1) is 24.4. The maximum atomic E-state index is 13.4. The van der Waals surface area contributed by atoms with Crippen LogP contribution in [-0.2, 0) is 0 Å². The van der Waals surface area contributed by atoms with Crippen molar-refractivity contribution >= 4 is 33.3 Å². The van der Waals surface area contributed by atoms with Crippen LogP contribution in [-0.4, -0.2) is 26.2 Å². The molecule has 0 aliphatic rings. The largest absolute Gasteiger partial charge is 0.422 e.